The van der Waals surface area contributed by atoms with Crippen molar-refractivity contribution in [3.63, 3.8) is 0 Å². The molecule has 0 spiro atoms. The van der Waals surface area contributed by atoms with E-state index in [0.717, 1.165) is 11.3 Å². The summed E-state index contributed by atoms with van der Waals surface area (Å²) in [5, 5.41) is 0. The Bertz CT molecular complexity index is 541. The van der Waals surface area contributed by atoms with Crippen molar-refractivity contribution in [3.05, 3.63) is 29.8 Å². The van der Waals surface area contributed by atoms with E-state index in [1.165, 1.54) is 0 Å². The molecule has 2 atom stereocenters. The van der Waals surface area contributed by atoms with Gasteiger partial charge in [0.15, 0.2) is 5.60 Å². The summed E-state index contributed by atoms with van der Waals surface area (Å²) < 4.78 is 53.8. The largest absolute Gasteiger partial charge is 0.482 e. The minimum absolute atomic E-state index is 0.00896. The third kappa shape index (κ3) is 2.51. The van der Waals surface area contributed by atoms with Gasteiger partial charge < -0.3 is 14.2 Å². The highest BCUT2D eigenvalue weighted by Crippen LogP contribution is 2.62. The number of rotatable bonds is 4. The van der Waals surface area contributed by atoms with Gasteiger partial charge in [0.2, 0.25) is 5.79 Å². The lowest BCUT2D eigenvalue weighted by molar-refractivity contribution is -0.166. The number of ether oxygens (including phenoxy) is 3. The van der Waals surface area contributed by atoms with Crippen LogP contribution in [0.5, 0.6) is 5.75 Å². The summed E-state index contributed by atoms with van der Waals surface area (Å²) in [7, 11) is 0. The first-order chi connectivity index (χ1) is 9.75. The molecule has 3 rings (SSSR count). The number of epoxide rings is 1. The Labute approximate surface area is 121 Å². The Hall–Kier alpha value is -1.27. The fourth-order valence-electron chi connectivity index (χ4n) is 2.78. The van der Waals surface area contributed by atoms with Gasteiger partial charge >= 0.3 is 6.18 Å². The molecule has 6 heteroatoms. The summed E-state index contributed by atoms with van der Waals surface area (Å²) >= 11 is 0. The lowest BCUT2D eigenvalue weighted by Crippen LogP contribution is -2.49. The zero-order chi connectivity index (χ0) is 15.3. The monoisotopic (exact) mass is 302 g/mol. The van der Waals surface area contributed by atoms with Crippen molar-refractivity contribution in [2.75, 3.05) is 6.61 Å². The summed E-state index contributed by atoms with van der Waals surface area (Å²) in [6.45, 7) is 3.64. The Kier molecular flexibility index (Phi) is 3.22. The second-order valence-electron chi connectivity index (χ2n) is 5.88. The molecular weight excluding hydrogens is 285 g/mol. The molecule has 0 N–H and O–H groups in total. The van der Waals surface area contributed by atoms with Crippen LogP contribution < -0.4 is 4.74 Å². The topological polar surface area (TPSA) is 31.0 Å². The molecule has 0 saturated carbocycles. The van der Waals surface area contributed by atoms with Crippen molar-refractivity contribution in [1.82, 2.24) is 0 Å². The quantitative estimate of drug-likeness (QED) is 0.622. The summed E-state index contributed by atoms with van der Waals surface area (Å²) in [5.41, 5.74) is 0.136. The van der Waals surface area contributed by atoms with Crippen LogP contribution in [0.15, 0.2) is 24.3 Å². The predicted molar refractivity (Wildman–Crippen MR) is 68.9 cm³/mol. The lowest BCUT2D eigenvalue weighted by Gasteiger charge is -2.36. The second-order valence-corrected chi connectivity index (χ2v) is 5.88. The maximum absolute atomic E-state index is 12.2. The summed E-state index contributed by atoms with van der Waals surface area (Å²) in [5.74, 6) is -0.244. The van der Waals surface area contributed by atoms with Gasteiger partial charge in [0.1, 0.15) is 11.9 Å². The molecule has 2 unspecified atom stereocenters. The van der Waals surface area contributed by atoms with Crippen molar-refractivity contribution in [2.24, 2.45) is 0 Å². The number of hydrogen-bond donors (Lipinski definition) is 0. The normalized spacial score (nSPS) is 29.3. The van der Waals surface area contributed by atoms with Crippen LogP contribution in [0.2, 0.25) is 0 Å². The summed E-state index contributed by atoms with van der Waals surface area (Å²) in [6.07, 6.45) is -5.37. The van der Waals surface area contributed by atoms with E-state index < -0.39 is 24.0 Å². The van der Waals surface area contributed by atoms with E-state index >= 15 is 0 Å². The van der Waals surface area contributed by atoms with Crippen LogP contribution in [0.4, 0.5) is 13.2 Å². The molecule has 1 saturated heterocycles. The van der Waals surface area contributed by atoms with E-state index in [1.54, 1.807) is 0 Å². The number of benzene rings is 1. The smallest absolute Gasteiger partial charge is 0.389 e. The molecule has 1 aromatic rings. The molecule has 0 aromatic heterocycles. The minimum atomic E-state index is -4.16. The van der Waals surface area contributed by atoms with Crippen LogP contribution in [-0.2, 0) is 9.47 Å². The van der Waals surface area contributed by atoms with Crippen molar-refractivity contribution in [1.29, 1.82) is 0 Å². The maximum atomic E-state index is 12.2. The van der Waals surface area contributed by atoms with Crippen molar-refractivity contribution < 1.29 is 27.4 Å². The van der Waals surface area contributed by atoms with Gasteiger partial charge in [-0.05, 0) is 26.3 Å². The molecule has 2 heterocycles. The zero-order valence-electron chi connectivity index (χ0n) is 11.9. The Balaban J connectivity index is 1.69. The molecule has 2 aliphatic heterocycles. The van der Waals surface area contributed by atoms with E-state index in [4.69, 9.17) is 14.2 Å². The number of para-hydroxylation sites is 1. The van der Waals surface area contributed by atoms with Gasteiger partial charge in [-0.25, -0.2) is 0 Å². The van der Waals surface area contributed by atoms with Gasteiger partial charge in [0.25, 0.3) is 0 Å². The highest BCUT2D eigenvalue weighted by Gasteiger charge is 2.72. The van der Waals surface area contributed by atoms with Crippen molar-refractivity contribution >= 4 is 0 Å². The highest BCUT2D eigenvalue weighted by atomic mass is 19.4. The van der Waals surface area contributed by atoms with Gasteiger partial charge in [-0.2, -0.15) is 13.2 Å². The fraction of sp³-hybridized carbons (Fsp3) is 0.600. The number of hydrogen-bond acceptors (Lipinski definition) is 3. The van der Waals surface area contributed by atoms with Crippen molar-refractivity contribution in [3.8, 4) is 5.75 Å². The molecule has 0 radical (unpaired) electrons. The molecule has 21 heavy (non-hydrogen) atoms. The third-order valence-corrected chi connectivity index (χ3v) is 3.91. The van der Waals surface area contributed by atoms with E-state index in [0.29, 0.717) is 0 Å². The molecule has 1 aromatic carbocycles. The van der Waals surface area contributed by atoms with Crippen LogP contribution in [0, 0.1) is 0 Å². The summed E-state index contributed by atoms with van der Waals surface area (Å²) in [4.78, 5) is 0. The number of fused-ring (bicyclic) bond motifs is 3. The molecule has 116 valence electrons. The Morgan fingerprint density at radius 1 is 1.24 bits per heavy atom. The van der Waals surface area contributed by atoms with Gasteiger partial charge in [-0.1, -0.05) is 18.2 Å². The lowest BCUT2D eigenvalue weighted by atomic mass is 9.91. The second kappa shape index (κ2) is 4.61. The first-order valence-corrected chi connectivity index (χ1v) is 6.92. The van der Waals surface area contributed by atoms with Crippen LogP contribution in [0.25, 0.3) is 0 Å². The van der Waals surface area contributed by atoms with E-state index in [9.17, 15) is 13.2 Å². The van der Waals surface area contributed by atoms with Gasteiger partial charge in [-0.3, -0.25) is 0 Å². The van der Waals surface area contributed by atoms with Crippen LogP contribution in [0.1, 0.15) is 38.4 Å². The van der Waals surface area contributed by atoms with E-state index in [2.05, 4.69) is 0 Å². The first-order valence-electron chi connectivity index (χ1n) is 6.92. The zero-order valence-corrected chi connectivity index (χ0v) is 11.9. The van der Waals surface area contributed by atoms with Gasteiger partial charge in [0.05, 0.1) is 6.61 Å². The van der Waals surface area contributed by atoms with Gasteiger partial charge in [0, 0.05) is 12.0 Å². The van der Waals surface area contributed by atoms with Crippen LogP contribution in [-0.4, -0.2) is 24.2 Å². The molecule has 0 aliphatic carbocycles. The average molecular weight is 302 g/mol. The molecule has 3 nitrogen and oxygen atoms in total. The number of halogens is 3. The predicted octanol–water partition coefficient (Wildman–Crippen LogP) is 3.98. The molecule has 0 bridgehead atoms. The standard InChI is InChI=1S/C15H17F3O3/c1-13(2)15(19-9-5-8-14(16,17)18)12(21-15)10-6-3-4-7-11(10)20-13/h3-4,6-7,12H,5,8-9H2,1-2H3. The third-order valence-electron chi connectivity index (χ3n) is 3.91. The maximum Gasteiger partial charge on any atom is 0.389 e. The Morgan fingerprint density at radius 2 is 1.95 bits per heavy atom. The molecule has 2 aliphatic rings. The average Bonchev–Trinajstić information content (AvgIpc) is 3.10. The summed E-state index contributed by atoms with van der Waals surface area (Å²) in [6, 6.07) is 7.48. The Morgan fingerprint density at radius 3 is 2.67 bits per heavy atom. The number of alkyl halides is 3. The molecule has 0 amide bonds. The molecule has 1 fully saturated rings. The van der Waals surface area contributed by atoms with E-state index in [-0.39, 0.29) is 19.1 Å². The fourth-order valence-corrected chi connectivity index (χ4v) is 2.78. The highest BCUT2D eigenvalue weighted by molar-refractivity contribution is 5.43. The van der Waals surface area contributed by atoms with Gasteiger partial charge in [-0.15, -0.1) is 0 Å². The molecular formula is C15H17F3O3. The minimum Gasteiger partial charge on any atom is -0.482 e. The van der Waals surface area contributed by atoms with Crippen molar-refractivity contribution in [2.45, 2.75) is 50.4 Å². The van der Waals surface area contributed by atoms with E-state index in [1.807, 2.05) is 38.1 Å². The SMILES string of the molecule is CC1(C)Oc2ccccc2C2OC21OCCCC(F)(F)F. The first kappa shape index (κ1) is 14.7. The van der Waals surface area contributed by atoms with Crippen LogP contribution >= 0.6 is 0 Å². The van der Waals surface area contributed by atoms with Crippen LogP contribution in [0.3, 0.4) is 0 Å².